The fourth-order valence-electron chi connectivity index (χ4n) is 3.62. The second-order valence-electron chi connectivity index (χ2n) is 6.83. The highest BCUT2D eigenvalue weighted by atomic mass is 79.9. The van der Waals surface area contributed by atoms with Gasteiger partial charge >= 0.3 is 0 Å². The number of benzene rings is 1. The van der Waals surface area contributed by atoms with Crippen LogP contribution >= 0.6 is 27.3 Å². The second-order valence-corrected chi connectivity index (χ2v) is 8.61. The SMILES string of the molecule is CN(c1ncnc2scc(-c3ccc(Br)cc3)c12)C1CC[NH+](C)CC1. The molecule has 0 amide bonds. The van der Waals surface area contributed by atoms with Crippen LogP contribution in [0.3, 0.4) is 0 Å². The zero-order chi connectivity index (χ0) is 17.4. The van der Waals surface area contributed by atoms with Crippen molar-refractivity contribution >= 4 is 43.3 Å². The number of likely N-dealkylation sites (tertiary alicyclic amines) is 1. The van der Waals surface area contributed by atoms with Crippen LogP contribution in [0.25, 0.3) is 21.3 Å². The number of anilines is 1. The molecule has 2 aromatic heterocycles. The number of thiophene rings is 1. The molecule has 3 aromatic rings. The molecule has 0 atom stereocenters. The number of hydrogen-bond acceptors (Lipinski definition) is 4. The number of rotatable bonds is 3. The highest BCUT2D eigenvalue weighted by Gasteiger charge is 2.26. The molecule has 1 fully saturated rings. The first-order chi connectivity index (χ1) is 12.1. The quantitative estimate of drug-likeness (QED) is 0.709. The van der Waals surface area contributed by atoms with Gasteiger partial charge in [0.25, 0.3) is 0 Å². The maximum absolute atomic E-state index is 4.68. The van der Waals surface area contributed by atoms with E-state index in [1.165, 1.54) is 42.4 Å². The molecule has 25 heavy (non-hydrogen) atoms. The zero-order valence-corrected chi connectivity index (χ0v) is 16.9. The Morgan fingerprint density at radius 1 is 1.16 bits per heavy atom. The lowest BCUT2D eigenvalue weighted by molar-refractivity contribution is -0.884. The fourth-order valence-corrected chi connectivity index (χ4v) is 4.80. The maximum Gasteiger partial charge on any atom is 0.141 e. The maximum atomic E-state index is 4.68. The summed E-state index contributed by atoms with van der Waals surface area (Å²) in [5.74, 6) is 1.06. The number of quaternary nitrogens is 1. The Kier molecular flexibility index (Phi) is 4.75. The van der Waals surface area contributed by atoms with E-state index in [1.54, 1.807) is 22.6 Å². The third-order valence-electron chi connectivity index (χ3n) is 5.20. The Bertz CT molecular complexity index is 869. The summed E-state index contributed by atoms with van der Waals surface area (Å²) in [6, 6.07) is 9.04. The number of hydrogen-bond donors (Lipinski definition) is 1. The molecule has 0 spiro atoms. The molecule has 0 unspecified atom stereocenters. The zero-order valence-electron chi connectivity index (χ0n) is 14.5. The third-order valence-corrected chi connectivity index (χ3v) is 6.61. The lowest BCUT2D eigenvalue weighted by Gasteiger charge is -2.34. The van der Waals surface area contributed by atoms with Crippen molar-refractivity contribution in [3.05, 3.63) is 40.4 Å². The van der Waals surface area contributed by atoms with Crippen LogP contribution in [0, 0.1) is 0 Å². The van der Waals surface area contributed by atoms with Crippen molar-refractivity contribution in [1.82, 2.24) is 9.97 Å². The summed E-state index contributed by atoms with van der Waals surface area (Å²) >= 11 is 5.22. The van der Waals surface area contributed by atoms with Crippen molar-refractivity contribution in [3.8, 4) is 11.1 Å². The largest absolute Gasteiger partial charge is 0.356 e. The van der Waals surface area contributed by atoms with E-state index in [4.69, 9.17) is 0 Å². The minimum atomic E-state index is 0.555. The molecule has 0 aliphatic carbocycles. The number of aromatic nitrogens is 2. The summed E-state index contributed by atoms with van der Waals surface area (Å²) in [7, 11) is 4.47. The predicted molar refractivity (Wildman–Crippen MR) is 109 cm³/mol. The van der Waals surface area contributed by atoms with Gasteiger partial charge in [0.1, 0.15) is 17.0 Å². The number of nitrogens with zero attached hydrogens (tertiary/aromatic N) is 3. The van der Waals surface area contributed by atoms with Gasteiger partial charge in [0.2, 0.25) is 0 Å². The predicted octanol–water partition coefficient (Wildman–Crippen LogP) is 3.23. The van der Waals surface area contributed by atoms with Crippen molar-refractivity contribution in [2.75, 3.05) is 32.1 Å². The molecule has 4 rings (SSSR count). The molecule has 0 bridgehead atoms. The molecule has 1 aromatic carbocycles. The van der Waals surface area contributed by atoms with Crippen LogP contribution < -0.4 is 9.80 Å². The smallest absolute Gasteiger partial charge is 0.141 e. The number of halogens is 1. The van der Waals surface area contributed by atoms with Crippen LogP contribution in [0.4, 0.5) is 5.82 Å². The minimum absolute atomic E-state index is 0.555. The van der Waals surface area contributed by atoms with Gasteiger partial charge in [0.15, 0.2) is 0 Å². The van der Waals surface area contributed by atoms with Gasteiger partial charge in [-0.3, -0.25) is 0 Å². The Labute approximate surface area is 160 Å². The average molecular weight is 418 g/mol. The van der Waals surface area contributed by atoms with Crippen LogP contribution in [0.5, 0.6) is 0 Å². The van der Waals surface area contributed by atoms with E-state index in [0.717, 1.165) is 15.1 Å². The van der Waals surface area contributed by atoms with E-state index >= 15 is 0 Å². The van der Waals surface area contributed by atoms with Crippen molar-refractivity contribution in [3.63, 3.8) is 0 Å². The van der Waals surface area contributed by atoms with Crippen molar-refractivity contribution in [1.29, 1.82) is 0 Å². The monoisotopic (exact) mass is 417 g/mol. The summed E-state index contributed by atoms with van der Waals surface area (Å²) in [4.78, 5) is 14.3. The van der Waals surface area contributed by atoms with E-state index in [2.05, 4.69) is 74.5 Å². The third kappa shape index (κ3) is 3.30. The van der Waals surface area contributed by atoms with E-state index in [1.807, 2.05) is 0 Å². The summed E-state index contributed by atoms with van der Waals surface area (Å²) in [5.41, 5.74) is 2.44. The molecule has 1 N–H and O–H groups in total. The van der Waals surface area contributed by atoms with Gasteiger partial charge in [-0.25, -0.2) is 9.97 Å². The van der Waals surface area contributed by atoms with Crippen molar-refractivity contribution < 1.29 is 4.90 Å². The molecule has 0 saturated carbocycles. The Hall–Kier alpha value is -1.50. The highest BCUT2D eigenvalue weighted by Crippen LogP contribution is 2.38. The lowest BCUT2D eigenvalue weighted by atomic mass is 10.0. The topological polar surface area (TPSA) is 33.5 Å². The fraction of sp³-hybridized carbons (Fsp3) is 0.368. The molecule has 0 radical (unpaired) electrons. The Balaban J connectivity index is 1.76. The first-order valence-corrected chi connectivity index (χ1v) is 10.3. The normalized spacial score (nSPS) is 20.8. The van der Waals surface area contributed by atoms with Gasteiger partial charge < -0.3 is 9.80 Å². The first-order valence-electron chi connectivity index (χ1n) is 8.66. The summed E-state index contributed by atoms with van der Waals surface area (Å²) in [5, 5.41) is 3.39. The van der Waals surface area contributed by atoms with E-state index in [0.29, 0.717) is 6.04 Å². The van der Waals surface area contributed by atoms with Crippen LogP contribution in [0.2, 0.25) is 0 Å². The molecule has 1 saturated heterocycles. The number of fused-ring (bicyclic) bond motifs is 1. The molecule has 130 valence electrons. The number of nitrogens with one attached hydrogen (secondary N) is 1. The highest BCUT2D eigenvalue weighted by molar-refractivity contribution is 9.10. The molecular weight excluding hydrogens is 396 g/mol. The second kappa shape index (κ2) is 7.02. The van der Waals surface area contributed by atoms with Gasteiger partial charge in [-0.1, -0.05) is 28.1 Å². The first kappa shape index (κ1) is 16.9. The Morgan fingerprint density at radius 2 is 1.88 bits per heavy atom. The summed E-state index contributed by atoms with van der Waals surface area (Å²) in [6.07, 6.45) is 4.13. The number of piperidine rings is 1. The summed E-state index contributed by atoms with van der Waals surface area (Å²) < 4.78 is 1.10. The van der Waals surface area contributed by atoms with Crippen LogP contribution in [-0.4, -0.2) is 43.2 Å². The van der Waals surface area contributed by atoms with Crippen LogP contribution in [0.1, 0.15) is 12.8 Å². The van der Waals surface area contributed by atoms with Crippen LogP contribution in [-0.2, 0) is 0 Å². The molecule has 4 nitrogen and oxygen atoms in total. The molecule has 3 heterocycles. The molecule has 1 aliphatic heterocycles. The minimum Gasteiger partial charge on any atom is -0.356 e. The van der Waals surface area contributed by atoms with Gasteiger partial charge in [-0.2, -0.15) is 0 Å². The molecular formula is C19H22BrN4S+. The van der Waals surface area contributed by atoms with E-state index < -0.39 is 0 Å². The Morgan fingerprint density at radius 3 is 2.60 bits per heavy atom. The summed E-state index contributed by atoms with van der Waals surface area (Å²) in [6.45, 7) is 2.46. The average Bonchev–Trinajstić information content (AvgIpc) is 3.07. The van der Waals surface area contributed by atoms with Crippen molar-refractivity contribution in [2.24, 2.45) is 0 Å². The molecule has 6 heteroatoms. The van der Waals surface area contributed by atoms with Crippen LogP contribution in [0.15, 0.2) is 40.4 Å². The van der Waals surface area contributed by atoms with Gasteiger partial charge in [-0.05, 0) is 17.7 Å². The molecule has 1 aliphatic rings. The lowest BCUT2D eigenvalue weighted by Crippen LogP contribution is -3.10. The van der Waals surface area contributed by atoms with E-state index in [9.17, 15) is 0 Å². The van der Waals surface area contributed by atoms with Gasteiger partial charge in [0.05, 0.1) is 25.5 Å². The van der Waals surface area contributed by atoms with Gasteiger partial charge in [-0.15, -0.1) is 11.3 Å². The van der Waals surface area contributed by atoms with Crippen molar-refractivity contribution in [2.45, 2.75) is 18.9 Å². The van der Waals surface area contributed by atoms with Gasteiger partial charge in [0, 0.05) is 41.3 Å². The van der Waals surface area contributed by atoms with E-state index in [-0.39, 0.29) is 0 Å². The standard InChI is InChI=1S/C19H21BrN4S/c1-23-9-7-15(8-10-23)24(2)18-17-16(11-25-19(17)22-12-21-18)13-3-5-14(20)6-4-13/h3-6,11-12,15H,7-10H2,1-2H3/p+1.